The molecule has 0 unspecified atom stereocenters. The second kappa shape index (κ2) is 4.73. The fraction of sp³-hybridized carbons (Fsp3) is 0.923. The Morgan fingerprint density at radius 2 is 1.82 bits per heavy atom. The lowest BCUT2D eigenvalue weighted by molar-refractivity contribution is -0.163. The quantitative estimate of drug-likeness (QED) is 0.563. The number of ether oxygens (including phenoxy) is 1. The van der Waals surface area contributed by atoms with E-state index in [1.807, 2.05) is 6.92 Å². The van der Waals surface area contributed by atoms with Gasteiger partial charge in [-0.05, 0) is 25.1 Å². The molecule has 0 N–H and O–H groups in total. The third kappa shape index (κ3) is 3.10. The number of carbonyl (C=O) groups excluding carboxylic acids is 1. The molecule has 0 saturated carbocycles. The SMILES string of the molecule is C[C@H]1COC(=O)[C@H](C)[C@H]1O[Si](C)(C)C(C)(C)C. The van der Waals surface area contributed by atoms with Crippen LogP contribution >= 0.6 is 0 Å². The smallest absolute Gasteiger partial charge is 0.311 e. The van der Waals surface area contributed by atoms with Gasteiger partial charge >= 0.3 is 5.97 Å². The first kappa shape index (κ1) is 14.7. The molecule has 1 heterocycles. The predicted molar refractivity (Wildman–Crippen MR) is 71.4 cm³/mol. The van der Waals surface area contributed by atoms with Crippen LogP contribution < -0.4 is 0 Å². The Hall–Kier alpha value is -0.353. The Labute approximate surface area is 106 Å². The van der Waals surface area contributed by atoms with Crippen LogP contribution in [0, 0.1) is 11.8 Å². The van der Waals surface area contributed by atoms with Gasteiger partial charge in [0.2, 0.25) is 0 Å². The molecular formula is C13H26O3Si. The molecule has 0 bridgehead atoms. The second-order valence-electron chi connectivity index (χ2n) is 6.74. The van der Waals surface area contributed by atoms with Crippen molar-refractivity contribution < 1.29 is 14.0 Å². The third-order valence-corrected chi connectivity index (χ3v) is 8.62. The number of cyclic esters (lactones) is 1. The zero-order valence-electron chi connectivity index (χ0n) is 12.2. The van der Waals surface area contributed by atoms with Crippen LogP contribution in [0.1, 0.15) is 34.6 Å². The van der Waals surface area contributed by atoms with Crippen LogP contribution in [0.5, 0.6) is 0 Å². The number of rotatable bonds is 2. The van der Waals surface area contributed by atoms with E-state index >= 15 is 0 Å². The van der Waals surface area contributed by atoms with E-state index in [0.29, 0.717) is 6.61 Å². The fourth-order valence-electron chi connectivity index (χ4n) is 1.80. The highest BCUT2D eigenvalue weighted by Gasteiger charge is 2.44. The zero-order chi connectivity index (χ0) is 13.4. The van der Waals surface area contributed by atoms with Crippen molar-refractivity contribution in [3.63, 3.8) is 0 Å². The van der Waals surface area contributed by atoms with E-state index in [1.165, 1.54) is 0 Å². The summed E-state index contributed by atoms with van der Waals surface area (Å²) < 4.78 is 11.5. The molecule has 3 atom stereocenters. The summed E-state index contributed by atoms with van der Waals surface area (Å²) in [6.45, 7) is 15.6. The van der Waals surface area contributed by atoms with Crippen molar-refractivity contribution in [1.82, 2.24) is 0 Å². The van der Waals surface area contributed by atoms with Crippen LogP contribution in [0.2, 0.25) is 18.1 Å². The highest BCUT2D eigenvalue weighted by atomic mass is 28.4. The van der Waals surface area contributed by atoms with Gasteiger partial charge in [0.25, 0.3) is 0 Å². The van der Waals surface area contributed by atoms with Gasteiger partial charge in [-0.15, -0.1) is 0 Å². The van der Waals surface area contributed by atoms with Crippen molar-refractivity contribution >= 4 is 14.3 Å². The molecule has 1 aliphatic heterocycles. The third-order valence-electron chi connectivity index (χ3n) is 4.15. The number of esters is 1. The van der Waals surface area contributed by atoms with Gasteiger partial charge in [0.15, 0.2) is 8.32 Å². The van der Waals surface area contributed by atoms with E-state index < -0.39 is 8.32 Å². The van der Waals surface area contributed by atoms with E-state index in [0.717, 1.165) is 0 Å². The standard InChI is InChI=1S/C13H26O3Si/c1-9-8-15-12(14)10(2)11(9)16-17(6,7)13(3,4)5/h9-11H,8H2,1-7H3/t9-,10+,11-/m0/s1. The van der Waals surface area contributed by atoms with Gasteiger partial charge in [-0.2, -0.15) is 0 Å². The van der Waals surface area contributed by atoms with Gasteiger partial charge in [0.05, 0.1) is 18.6 Å². The normalized spacial score (nSPS) is 31.2. The lowest BCUT2D eigenvalue weighted by Crippen LogP contribution is -2.51. The van der Waals surface area contributed by atoms with Crippen LogP contribution in [-0.2, 0) is 14.0 Å². The molecule has 0 aromatic carbocycles. The van der Waals surface area contributed by atoms with E-state index in [1.54, 1.807) is 0 Å². The van der Waals surface area contributed by atoms with Gasteiger partial charge in [0, 0.05) is 5.92 Å². The summed E-state index contributed by atoms with van der Waals surface area (Å²) in [5.74, 6) is 0.0245. The molecule has 0 spiro atoms. The first-order chi connectivity index (χ1) is 7.56. The minimum atomic E-state index is -1.81. The maximum Gasteiger partial charge on any atom is 0.311 e. The Balaban J connectivity index is 2.82. The van der Waals surface area contributed by atoms with E-state index in [4.69, 9.17) is 9.16 Å². The predicted octanol–water partition coefficient (Wildman–Crippen LogP) is 3.21. The topological polar surface area (TPSA) is 35.5 Å². The summed E-state index contributed by atoms with van der Waals surface area (Å²) in [4.78, 5) is 11.6. The van der Waals surface area contributed by atoms with Gasteiger partial charge in [-0.3, -0.25) is 4.79 Å². The van der Waals surface area contributed by atoms with Crippen LogP contribution in [0.15, 0.2) is 0 Å². The van der Waals surface area contributed by atoms with Crippen molar-refractivity contribution in [2.75, 3.05) is 6.61 Å². The first-order valence-electron chi connectivity index (χ1n) is 6.41. The Morgan fingerprint density at radius 1 is 1.29 bits per heavy atom. The Bertz CT molecular complexity index is 294. The highest BCUT2D eigenvalue weighted by Crippen LogP contribution is 2.39. The van der Waals surface area contributed by atoms with Crippen LogP contribution in [-0.4, -0.2) is 27.0 Å². The lowest BCUT2D eigenvalue weighted by atomic mass is 9.92. The summed E-state index contributed by atoms with van der Waals surface area (Å²) >= 11 is 0. The van der Waals surface area contributed by atoms with Gasteiger partial charge in [-0.1, -0.05) is 27.7 Å². The molecule has 4 heteroatoms. The van der Waals surface area contributed by atoms with Gasteiger partial charge in [0.1, 0.15) is 0 Å². The molecule has 3 nitrogen and oxygen atoms in total. The summed E-state index contributed by atoms with van der Waals surface area (Å²) in [7, 11) is -1.81. The second-order valence-corrected chi connectivity index (χ2v) is 11.5. The zero-order valence-corrected chi connectivity index (χ0v) is 13.2. The summed E-state index contributed by atoms with van der Waals surface area (Å²) in [5.41, 5.74) is 0. The summed E-state index contributed by atoms with van der Waals surface area (Å²) in [5, 5.41) is 0.174. The van der Waals surface area contributed by atoms with E-state index in [-0.39, 0.29) is 28.9 Å². The van der Waals surface area contributed by atoms with Crippen molar-refractivity contribution in [1.29, 1.82) is 0 Å². The number of carbonyl (C=O) groups is 1. The molecule has 1 rings (SSSR count). The largest absolute Gasteiger partial charge is 0.465 e. The van der Waals surface area contributed by atoms with E-state index in [9.17, 15) is 4.79 Å². The molecule has 0 amide bonds. The van der Waals surface area contributed by atoms with Crippen LogP contribution in [0.25, 0.3) is 0 Å². The van der Waals surface area contributed by atoms with Crippen molar-refractivity contribution in [3.05, 3.63) is 0 Å². The minimum Gasteiger partial charge on any atom is -0.465 e. The van der Waals surface area contributed by atoms with Crippen LogP contribution in [0.3, 0.4) is 0 Å². The monoisotopic (exact) mass is 258 g/mol. The first-order valence-corrected chi connectivity index (χ1v) is 9.31. The summed E-state index contributed by atoms with van der Waals surface area (Å²) in [6.07, 6.45) is 0.0112. The Kier molecular flexibility index (Phi) is 4.09. The molecule has 0 radical (unpaired) electrons. The molecular weight excluding hydrogens is 232 g/mol. The fourth-order valence-corrected chi connectivity index (χ4v) is 3.27. The Morgan fingerprint density at radius 3 is 2.29 bits per heavy atom. The molecule has 0 aromatic rings. The van der Waals surface area contributed by atoms with Gasteiger partial charge < -0.3 is 9.16 Å². The lowest BCUT2D eigenvalue weighted by Gasteiger charge is -2.43. The molecule has 17 heavy (non-hydrogen) atoms. The average Bonchev–Trinajstić information content (AvgIpc) is 2.17. The molecule has 0 aliphatic carbocycles. The van der Waals surface area contributed by atoms with Gasteiger partial charge in [-0.25, -0.2) is 0 Å². The maximum atomic E-state index is 11.6. The number of hydrogen-bond acceptors (Lipinski definition) is 3. The van der Waals surface area contributed by atoms with Crippen molar-refractivity contribution in [2.24, 2.45) is 11.8 Å². The average molecular weight is 258 g/mol. The molecule has 1 saturated heterocycles. The number of hydrogen-bond donors (Lipinski definition) is 0. The summed E-state index contributed by atoms with van der Waals surface area (Å²) in [6, 6.07) is 0. The molecule has 1 fully saturated rings. The highest BCUT2D eigenvalue weighted by molar-refractivity contribution is 6.74. The minimum absolute atomic E-state index is 0.0112. The molecule has 1 aliphatic rings. The maximum absolute atomic E-state index is 11.6. The van der Waals surface area contributed by atoms with Crippen molar-refractivity contribution in [2.45, 2.75) is 58.9 Å². The van der Waals surface area contributed by atoms with Crippen LogP contribution in [0.4, 0.5) is 0 Å². The molecule has 100 valence electrons. The van der Waals surface area contributed by atoms with Crippen molar-refractivity contribution in [3.8, 4) is 0 Å². The van der Waals surface area contributed by atoms with E-state index in [2.05, 4.69) is 40.8 Å². The molecule has 0 aromatic heterocycles.